The highest BCUT2D eigenvalue weighted by molar-refractivity contribution is 7.26. The lowest BCUT2D eigenvalue weighted by Crippen LogP contribution is -2.10. The first-order chi connectivity index (χ1) is 58.0. The van der Waals surface area contributed by atoms with E-state index >= 15 is 0 Å². The van der Waals surface area contributed by atoms with Crippen molar-refractivity contribution < 1.29 is 4.42 Å². The van der Waals surface area contributed by atoms with Gasteiger partial charge in [0, 0.05) is 143 Å². The molecule has 0 aliphatic rings. The van der Waals surface area contributed by atoms with Gasteiger partial charge in [-0.25, -0.2) is 0 Å². The predicted octanol–water partition coefficient (Wildman–Crippen LogP) is 33.3. The molecule has 5 nitrogen and oxygen atoms in total. The minimum atomic E-state index is 0.120. The molecule has 24 aromatic rings. The number of thiophene rings is 3. The molecule has 0 unspecified atom stereocenters. The van der Waals surface area contributed by atoms with E-state index in [1.165, 1.54) is 204 Å². The van der Waals surface area contributed by atoms with Crippen LogP contribution in [-0.2, 0) is 21.7 Å². The van der Waals surface area contributed by atoms with Crippen molar-refractivity contribution in [2.75, 3.05) is 0 Å². The Labute approximate surface area is 710 Å². The summed E-state index contributed by atoms with van der Waals surface area (Å²) in [5.41, 5.74) is 22.7. The molecule has 0 radical (unpaired) electrons. The number of rotatable bonds is 4. The summed E-state index contributed by atoms with van der Waals surface area (Å²) in [6.45, 7) is 27.4. The van der Waals surface area contributed by atoms with Gasteiger partial charge in [-0.15, -0.1) is 34.0 Å². The second-order valence-corrected chi connectivity index (χ2v) is 39.7. The van der Waals surface area contributed by atoms with Gasteiger partial charge >= 0.3 is 0 Å². The van der Waals surface area contributed by atoms with Gasteiger partial charge in [0.1, 0.15) is 11.2 Å². The van der Waals surface area contributed by atoms with Crippen LogP contribution in [0.4, 0.5) is 0 Å². The Morgan fingerprint density at radius 3 is 1.03 bits per heavy atom. The average Bonchev–Trinajstić information content (AvgIpc) is 1.58. The topological polar surface area (TPSA) is 32.9 Å². The third-order valence-corrected chi connectivity index (χ3v) is 28.0. The fraction of sp³-hybridized carbons (Fsp3) is 0.143. The van der Waals surface area contributed by atoms with Gasteiger partial charge < -0.3 is 22.7 Å². The molecule has 24 rings (SSSR count). The van der Waals surface area contributed by atoms with Crippen molar-refractivity contribution in [3.05, 3.63) is 362 Å². The molecule has 0 amide bonds. The third kappa shape index (κ3) is 12.7. The minimum absolute atomic E-state index is 0.120. The van der Waals surface area contributed by atoms with E-state index in [1.807, 2.05) is 46.1 Å². The van der Waals surface area contributed by atoms with Crippen molar-refractivity contribution in [3.63, 3.8) is 0 Å². The zero-order valence-electron chi connectivity index (χ0n) is 69.8. The third-order valence-electron chi connectivity index (χ3n) is 24.6. The summed E-state index contributed by atoms with van der Waals surface area (Å²) in [4.78, 5) is 0. The van der Waals surface area contributed by atoms with Gasteiger partial charge in [0.2, 0.25) is 0 Å². The molecule has 0 aliphatic heterocycles. The summed E-state index contributed by atoms with van der Waals surface area (Å²) in [5.74, 6) is 0. The van der Waals surface area contributed by atoms with Gasteiger partial charge in [-0.1, -0.05) is 271 Å². The molecule has 16 aromatic carbocycles. The maximum Gasteiger partial charge on any atom is 0.137 e. The molecule has 120 heavy (non-hydrogen) atoms. The van der Waals surface area contributed by atoms with E-state index in [4.69, 9.17) is 4.42 Å². The molecule has 0 fully saturated rings. The van der Waals surface area contributed by atoms with Gasteiger partial charge in [0.05, 0.1) is 44.1 Å². The highest BCUT2D eigenvalue weighted by Gasteiger charge is 2.26. The van der Waals surface area contributed by atoms with E-state index in [0.717, 1.165) is 11.2 Å². The average molecular weight is 1610 g/mol. The molecule has 0 N–H and O–H groups in total. The van der Waals surface area contributed by atoms with Crippen LogP contribution in [0.25, 0.3) is 192 Å². The highest BCUT2D eigenvalue weighted by atomic mass is 32.1. The van der Waals surface area contributed by atoms with E-state index in [-0.39, 0.29) is 21.7 Å². The lowest BCUT2D eigenvalue weighted by Gasteiger charge is -2.19. The zero-order chi connectivity index (χ0) is 81.8. The van der Waals surface area contributed by atoms with E-state index in [0.29, 0.717) is 0 Å². The molecule has 0 saturated carbocycles. The van der Waals surface area contributed by atoms with Gasteiger partial charge in [-0.05, 0) is 190 Å². The minimum Gasteiger partial charge on any atom is -0.456 e. The molecule has 584 valence electrons. The quantitative estimate of drug-likeness (QED) is 0.173. The van der Waals surface area contributed by atoms with Crippen LogP contribution in [0, 0.1) is 0 Å². The maximum atomic E-state index is 6.20. The van der Waals surface area contributed by atoms with Crippen LogP contribution in [0.15, 0.2) is 344 Å². The number of hydrogen-bond donors (Lipinski definition) is 0. The first-order valence-corrected chi connectivity index (χ1v) is 44.3. The summed E-state index contributed by atoms with van der Waals surface area (Å²) in [5, 5.41) is 21.0. The van der Waals surface area contributed by atoms with E-state index < -0.39 is 0 Å². The van der Waals surface area contributed by atoms with Gasteiger partial charge in [-0.2, -0.15) is 0 Å². The van der Waals surface area contributed by atoms with Crippen molar-refractivity contribution in [1.29, 1.82) is 0 Å². The molecule has 0 bridgehead atoms. The number of fused-ring (bicyclic) bond motifs is 24. The van der Waals surface area contributed by atoms with Crippen LogP contribution < -0.4 is 0 Å². The van der Waals surface area contributed by atoms with Crippen LogP contribution in [0.1, 0.15) is 105 Å². The van der Waals surface area contributed by atoms with Crippen molar-refractivity contribution in [2.24, 2.45) is 0 Å². The van der Waals surface area contributed by atoms with Gasteiger partial charge in [0.25, 0.3) is 0 Å². The molecule has 8 aromatic heterocycles. The van der Waals surface area contributed by atoms with Crippen molar-refractivity contribution in [2.45, 2.75) is 105 Å². The molecular weight excluding hydrogens is 1510 g/mol. The van der Waals surface area contributed by atoms with E-state index in [1.54, 1.807) is 0 Å². The van der Waals surface area contributed by atoms with Crippen LogP contribution in [0.3, 0.4) is 0 Å². The van der Waals surface area contributed by atoms with Crippen molar-refractivity contribution >= 4 is 204 Å². The monoisotopic (exact) mass is 1600 g/mol. The number of furan rings is 1. The summed E-state index contributed by atoms with van der Waals surface area (Å²) in [6, 6.07) is 124. The predicted molar refractivity (Wildman–Crippen MR) is 524 cm³/mol. The Balaban J connectivity index is 0.0000000990. The Morgan fingerprint density at radius 1 is 0.192 bits per heavy atom. The van der Waals surface area contributed by atoms with Crippen LogP contribution in [-0.4, -0.2) is 18.3 Å². The van der Waals surface area contributed by atoms with Crippen LogP contribution in [0.2, 0.25) is 0 Å². The van der Waals surface area contributed by atoms with Crippen molar-refractivity contribution in [1.82, 2.24) is 18.3 Å². The van der Waals surface area contributed by atoms with Crippen LogP contribution in [0.5, 0.6) is 0 Å². The standard InChI is InChI=1S/C28H23NO.3C28H23NS/c1-28(2,3)18-12-14-19(15-13-18)29-24-10-6-4-8-20(24)22-16-23-21-9-5-7-11-26(21)30-27(23)17-25(22)29;1-28(2,3)23-14-9-13-20-22-16-21-19-12-7-8-15-24(19)29(18-10-5-4-6-11-18)25(21)17-26(22)30-27(20)23;1-28(2,3)18-13-14-26-22(15-18)23-16-21-20-11-7-8-12-24(20)29(19-9-5-4-6-10-19)25(21)17-27(23)30-26;1-28(2,3)18-13-14-24-21(15-18)22-16-23-20-11-7-8-12-26(20)30-27(23)17-25(22)29(24)19-9-5-4-6-10-19/h4*4-17H,1-3H3. The molecule has 0 atom stereocenters. The SMILES string of the molecule is CC(C)(C)c1ccc(-n2c3ccccc3c3cc4c(cc32)oc2ccccc24)cc1.CC(C)(C)c1ccc2c(c1)c1cc3c(cc1n2-c1ccccc1)sc1ccccc13.CC(C)(C)c1ccc2sc3cc4c(cc3c2c1)c1ccccc1n4-c1ccccc1.CC(C)(C)c1cccc2c1sc1cc3c(cc12)c1ccccc1n3-c1ccccc1. The summed E-state index contributed by atoms with van der Waals surface area (Å²) < 4.78 is 24.0. The Kier molecular flexibility index (Phi) is 17.7. The largest absolute Gasteiger partial charge is 0.456 e. The fourth-order valence-electron chi connectivity index (χ4n) is 18.4. The number of benzene rings is 16. The first-order valence-electron chi connectivity index (χ1n) is 41.8. The number of nitrogens with zero attached hydrogens (tertiary/aromatic N) is 4. The fourth-order valence-corrected chi connectivity index (χ4v) is 22.1. The molecular formula is C112H92N4OS3. The number of para-hydroxylation sites is 7. The smallest absolute Gasteiger partial charge is 0.137 e. The van der Waals surface area contributed by atoms with E-state index in [2.05, 4.69) is 429 Å². The lowest BCUT2D eigenvalue weighted by molar-refractivity contribution is 0.590. The summed E-state index contributed by atoms with van der Waals surface area (Å²) in [7, 11) is 0. The summed E-state index contributed by atoms with van der Waals surface area (Å²) >= 11 is 5.71. The second-order valence-electron chi connectivity index (χ2n) is 36.4. The molecule has 0 saturated heterocycles. The highest BCUT2D eigenvalue weighted by Crippen LogP contribution is 2.48. The normalized spacial score (nSPS) is 12.5. The molecule has 8 heteroatoms. The number of hydrogen-bond acceptors (Lipinski definition) is 4. The Hall–Kier alpha value is -12.8. The second kappa shape index (κ2) is 28.5. The van der Waals surface area contributed by atoms with Gasteiger partial charge in [0.15, 0.2) is 0 Å². The maximum absolute atomic E-state index is 6.20. The van der Waals surface area contributed by atoms with Crippen LogP contribution >= 0.6 is 34.0 Å². The lowest BCUT2D eigenvalue weighted by atomic mass is 9.86. The molecule has 8 heterocycles. The number of aromatic nitrogens is 4. The van der Waals surface area contributed by atoms with E-state index in [9.17, 15) is 0 Å². The Bertz CT molecular complexity index is 8110. The van der Waals surface area contributed by atoms with Gasteiger partial charge in [-0.3, -0.25) is 0 Å². The Morgan fingerprint density at radius 2 is 0.533 bits per heavy atom. The molecule has 0 spiro atoms. The molecule has 0 aliphatic carbocycles. The van der Waals surface area contributed by atoms with Crippen molar-refractivity contribution in [3.8, 4) is 22.7 Å². The zero-order valence-corrected chi connectivity index (χ0v) is 72.2. The first kappa shape index (κ1) is 74.7. The summed E-state index contributed by atoms with van der Waals surface area (Å²) in [6.07, 6.45) is 0.